The summed E-state index contributed by atoms with van der Waals surface area (Å²) in [6.45, 7) is 2.00. The molecule has 0 aliphatic rings. The van der Waals surface area contributed by atoms with E-state index in [4.69, 9.17) is 10.3 Å². The van der Waals surface area contributed by atoms with Crippen LogP contribution in [0.4, 0.5) is 0 Å². The van der Waals surface area contributed by atoms with Crippen LogP contribution >= 0.6 is 0 Å². The van der Waals surface area contributed by atoms with Gasteiger partial charge in [0.1, 0.15) is 5.71 Å². The van der Waals surface area contributed by atoms with Gasteiger partial charge in [-0.25, -0.2) is 0 Å². The third-order valence-electron chi connectivity index (χ3n) is 3.60. The first-order valence-electron chi connectivity index (χ1n) is 7.73. The molecule has 0 bridgehead atoms. The Morgan fingerprint density at radius 1 is 1.05 bits per heavy atom. The molecule has 0 aliphatic carbocycles. The van der Waals surface area contributed by atoms with Crippen molar-refractivity contribution in [1.82, 2.24) is 0 Å². The third-order valence-corrected chi connectivity index (χ3v) is 3.60. The fraction of sp³-hybridized carbons (Fsp3) is 0.588. The molecule has 0 amide bonds. The Bertz CT molecular complexity index is 402. The van der Waals surface area contributed by atoms with Gasteiger partial charge in [-0.2, -0.15) is 0 Å². The maximum atomic E-state index is 9.10. The van der Waals surface area contributed by atoms with Crippen molar-refractivity contribution in [2.75, 3.05) is 6.61 Å². The highest BCUT2D eigenvalue weighted by Crippen LogP contribution is 2.12. The van der Waals surface area contributed by atoms with Gasteiger partial charge in [0.2, 0.25) is 0 Å². The van der Waals surface area contributed by atoms with Crippen LogP contribution < -0.4 is 0 Å². The lowest BCUT2D eigenvalue weighted by molar-refractivity contribution is 0.304. The van der Waals surface area contributed by atoms with Crippen LogP contribution in [0.5, 0.6) is 0 Å². The second kappa shape index (κ2) is 10.4. The molecule has 3 heteroatoms. The van der Waals surface area contributed by atoms with Gasteiger partial charge in [0, 0.05) is 5.56 Å². The van der Waals surface area contributed by atoms with E-state index in [9.17, 15) is 0 Å². The Hall–Kier alpha value is -1.35. The van der Waals surface area contributed by atoms with E-state index in [1.165, 1.54) is 50.5 Å². The van der Waals surface area contributed by atoms with Gasteiger partial charge in [-0.3, -0.25) is 0 Å². The monoisotopic (exact) mass is 277 g/mol. The summed E-state index contributed by atoms with van der Waals surface area (Å²) < 4.78 is 0. The number of hydrogen-bond acceptors (Lipinski definition) is 3. The van der Waals surface area contributed by atoms with Gasteiger partial charge in [0.05, 0.1) is 6.61 Å². The smallest absolute Gasteiger partial charge is 0.112 e. The number of unbranched alkanes of at least 4 members (excludes halogenated alkanes) is 6. The standard InChI is InChI=1S/C17H27NO2/c1-2-3-4-5-6-7-8-10-15-11-9-12-16(13-15)17(14-19)18-20/h9,11-13,19-20H,2-8,10,14H2,1H3. The molecule has 1 aromatic carbocycles. The molecule has 0 aromatic heterocycles. The molecule has 0 aliphatic heterocycles. The second-order valence-electron chi connectivity index (χ2n) is 5.28. The van der Waals surface area contributed by atoms with Gasteiger partial charge in [0.15, 0.2) is 0 Å². The molecule has 0 atom stereocenters. The summed E-state index contributed by atoms with van der Waals surface area (Å²) in [6, 6.07) is 7.90. The number of rotatable bonds is 10. The molecule has 0 heterocycles. The highest BCUT2D eigenvalue weighted by atomic mass is 16.4. The summed E-state index contributed by atoms with van der Waals surface area (Å²) in [5.41, 5.74) is 2.37. The lowest BCUT2D eigenvalue weighted by Gasteiger charge is -2.06. The number of hydrogen-bond donors (Lipinski definition) is 2. The van der Waals surface area contributed by atoms with E-state index >= 15 is 0 Å². The number of benzene rings is 1. The lowest BCUT2D eigenvalue weighted by atomic mass is 10.0. The number of aryl methyl sites for hydroxylation is 1. The number of aliphatic hydroxyl groups is 1. The van der Waals surface area contributed by atoms with Crippen LogP contribution in [0.2, 0.25) is 0 Å². The van der Waals surface area contributed by atoms with Crippen LogP contribution in [-0.4, -0.2) is 22.6 Å². The Kier molecular flexibility index (Phi) is 8.72. The fourth-order valence-electron chi connectivity index (χ4n) is 2.37. The van der Waals surface area contributed by atoms with Gasteiger partial charge in [-0.1, -0.05) is 68.8 Å². The normalized spacial score (nSPS) is 11.8. The fourth-order valence-corrected chi connectivity index (χ4v) is 2.37. The van der Waals surface area contributed by atoms with Crippen LogP contribution in [0.3, 0.4) is 0 Å². The molecular weight excluding hydrogens is 250 g/mol. The highest BCUT2D eigenvalue weighted by molar-refractivity contribution is 6.01. The molecular formula is C17H27NO2. The summed E-state index contributed by atoms with van der Waals surface area (Å²) in [4.78, 5) is 0. The molecule has 20 heavy (non-hydrogen) atoms. The van der Waals surface area contributed by atoms with Gasteiger partial charge < -0.3 is 10.3 Å². The Balaban J connectivity index is 2.32. The van der Waals surface area contributed by atoms with Crippen molar-refractivity contribution >= 4 is 5.71 Å². The molecule has 0 saturated heterocycles. The minimum absolute atomic E-state index is 0.239. The maximum absolute atomic E-state index is 9.10. The average molecular weight is 277 g/mol. The zero-order valence-corrected chi connectivity index (χ0v) is 12.5. The molecule has 2 N–H and O–H groups in total. The van der Waals surface area contributed by atoms with Crippen molar-refractivity contribution in [3.8, 4) is 0 Å². The molecule has 3 nitrogen and oxygen atoms in total. The molecule has 0 spiro atoms. The highest BCUT2D eigenvalue weighted by Gasteiger charge is 2.03. The Morgan fingerprint density at radius 3 is 2.40 bits per heavy atom. The van der Waals surface area contributed by atoms with Crippen molar-refractivity contribution in [2.24, 2.45) is 5.16 Å². The van der Waals surface area contributed by atoms with Gasteiger partial charge in [-0.15, -0.1) is 0 Å². The zero-order valence-electron chi connectivity index (χ0n) is 12.5. The minimum Gasteiger partial charge on any atom is -0.411 e. The van der Waals surface area contributed by atoms with Crippen LogP contribution in [0.15, 0.2) is 29.4 Å². The van der Waals surface area contributed by atoms with Crippen molar-refractivity contribution in [1.29, 1.82) is 0 Å². The number of nitrogens with zero attached hydrogens (tertiary/aromatic N) is 1. The van der Waals surface area contributed by atoms with Crippen LogP contribution in [0.1, 0.15) is 63.0 Å². The van der Waals surface area contributed by atoms with E-state index in [2.05, 4.69) is 18.1 Å². The molecule has 0 fully saturated rings. The predicted octanol–water partition coefficient (Wildman–Crippen LogP) is 4.15. The van der Waals surface area contributed by atoms with Crippen LogP contribution in [0.25, 0.3) is 0 Å². The maximum Gasteiger partial charge on any atom is 0.112 e. The van der Waals surface area contributed by atoms with E-state index in [1.807, 2.05) is 18.2 Å². The summed E-state index contributed by atoms with van der Waals surface area (Å²) >= 11 is 0. The minimum atomic E-state index is -0.239. The van der Waals surface area contributed by atoms with E-state index in [-0.39, 0.29) is 6.61 Å². The zero-order chi connectivity index (χ0) is 14.6. The molecule has 0 unspecified atom stereocenters. The van der Waals surface area contributed by atoms with Gasteiger partial charge in [-0.05, 0) is 24.5 Å². The Morgan fingerprint density at radius 2 is 1.75 bits per heavy atom. The summed E-state index contributed by atoms with van der Waals surface area (Å²) in [5, 5.41) is 21.0. The van der Waals surface area contributed by atoms with Crippen LogP contribution in [-0.2, 0) is 6.42 Å². The van der Waals surface area contributed by atoms with E-state index in [1.54, 1.807) is 0 Å². The quantitative estimate of drug-likeness (QED) is 0.292. The molecule has 1 aromatic rings. The third kappa shape index (κ3) is 6.20. The molecule has 0 radical (unpaired) electrons. The van der Waals surface area contributed by atoms with Crippen LogP contribution in [0, 0.1) is 0 Å². The van der Waals surface area contributed by atoms with E-state index < -0.39 is 0 Å². The SMILES string of the molecule is CCCCCCCCCc1cccc(C(CO)=NO)c1. The largest absolute Gasteiger partial charge is 0.411 e. The van der Waals surface area contributed by atoms with E-state index in [0.29, 0.717) is 5.71 Å². The molecule has 0 saturated carbocycles. The van der Waals surface area contributed by atoms with E-state index in [0.717, 1.165) is 12.0 Å². The molecule has 112 valence electrons. The number of oxime groups is 1. The van der Waals surface area contributed by atoms with Gasteiger partial charge >= 0.3 is 0 Å². The summed E-state index contributed by atoms with van der Waals surface area (Å²) in [5.74, 6) is 0. The topological polar surface area (TPSA) is 52.8 Å². The van der Waals surface area contributed by atoms with Crippen molar-refractivity contribution in [3.63, 3.8) is 0 Å². The first-order chi connectivity index (χ1) is 9.81. The number of aliphatic hydroxyl groups excluding tert-OH is 1. The Labute approximate surface area is 122 Å². The average Bonchev–Trinajstić information content (AvgIpc) is 2.48. The summed E-state index contributed by atoms with van der Waals surface area (Å²) in [6.07, 6.45) is 10.2. The first-order valence-corrected chi connectivity index (χ1v) is 7.73. The van der Waals surface area contributed by atoms with Crippen molar-refractivity contribution in [2.45, 2.75) is 58.3 Å². The molecule has 1 rings (SSSR count). The van der Waals surface area contributed by atoms with Gasteiger partial charge in [0.25, 0.3) is 0 Å². The second-order valence-corrected chi connectivity index (χ2v) is 5.28. The van der Waals surface area contributed by atoms with Crippen molar-refractivity contribution in [3.05, 3.63) is 35.4 Å². The van der Waals surface area contributed by atoms with Crippen molar-refractivity contribution < 1.29 is 10.3 Å². The summed E-state index contributed by atoms with van der Waals surface area (Å²) in [7, 11) is 0. The first kappa shape index (κ1) is 16.7. The predicted molar refractivity (Wildman–Crippen MR) is 83.5 cm³/mol. The lowest BCUT2D eigenvalue weighted by Crippen LogP contribution is -2.06.